The average Bonchev–Trinajstić information content (AvgIpc) is 2.76. The zero-order chi connectivity index (χ0) is 14.1. The number of para-hydroxylation sites is 1. The van der Waals surface area contributed by atoms with Crippen molar-refractivity contribution in [2.75, 3.05) is 0 Å². The molecule has 0 atom stereocenters. The topological polar surface area (TPSA) is 55.1 Å². The van der Waals surface area contributed by atoms with Gasteiger partial charge in [0.1, 0.15) is 5.69 Å². The van der Waals surface area contributed by atoms with E-state index < -0.39 is 5.97 Å². The number of benzene rings is 1. The van der Waals surface area contributed by atoms with Crippen molar-refractivity contribution in [1.29, 1.82) is 0 Å². The zero-order valence-electron chi connectivity index (χ0n) is 10.5. The highest BCUT2D eigenvalue weighted by molar-refractivity contribution is 9.10. The number of hydrogen-bond donors (Lipinski definition) is 1. The summed E-state index contributed by atoms with van der Waals surface area (Å²) in [6.45, 7) is 0.606. The number of nitrogens with zero attached hydrogens (tertiary/aromatic N) is 2. The second kappa shape index (κ2) is 5.09. The van der Waals surface area contributed by atoms with Crippen LogP contribution in [0.1, 0.15) is 16.1 Å². The molecule has 0 saturated carbocycles. The summed E-state index contributed by atoms with van der Waals surface area (Å²) in [4.78, 5) is 14.8. The van der Waals surface area contributed by atoms with Crippen molar-refractivity contribution in [3.05, 3.63) is 64.5 Å². The van der Waals surface area contributed by atoms with E-state index in [0.717, 1.165) is 20.9 Å². The lowest BCUT2D eigenvalue weighted by Gasteiger charge is -2.06. The Labute approximate surface area is 123 Å². The van der Waals surface area contributed by atoms with E-state index in [1.54, 1.807) is 6.07 Å². The predicted molar refractivity (Wildman–Crippen MR) is 79.9 cm³/mol. The molecule has 0 radical (unpaired) electrons. The van der Waals surface area contributed by atoms with Crippen LogP contribution in [0.3, 0.4) is 0 Å². The normalized spacial score (nSPS) is 10.8. The molecule has 1 aromatic carbocycles. The van der Waals surface area contributed by atoms with Crippen LogP contribution in [0, 0.1) is 0 Å². The van der Waals surface area contributed by atoms with Crippen LogP contribution in [-0.4, -0.2) is 20.6 Å². The van der Waals surface area contributed by atoms with E-state index in [1.807, 2.05) is 36.5 Å². The summed E-state index contributed by atoms with van der Waals surface area (Å²) in [6, 6.07) is 11.5. The van der Waals surface area contributed by atoms with Gasteiger partial charge >= 0.3 is 5.97 Å². The SMILES string of the molecule is O=C(O)c1cc(Cn2cc(Br)c3ccccc32)ccn1. The number of carbonyl (C=O) groups is 1. The number of aromatic nitrogens is 2. The molecule has 20 heavy (non-hydrogen) atoms. The lowest BCUT2D eigenvalue weighted by atomic mass is 10.2. The van der Waals surface area contributed by atoms with Gasteiger partial charge in [0.25, 0.3) is 0 Å². The highest BCUT2D eigenvalue weighted by Crippen LogP contribution is 2.26. The molecule has 3 rings (SSSR count). The van der Waals surface area contributed by atoms with E-state index in [2.05, 4.69) is 25.5 Å². The summed E-state index contributed by atoms with van der Waals surface area (Å²) in [5, 5.41) is 10.1. The molecular formula is C15H11BrN2O2. The Hall–Kier alpha value is -2.14. The summed E-state index contributed by atoms with van der Waals surface area (Å²) in [7, 11) is 0. The molecular weight excluding hydrogens is 320 g/mol. The molecule has 4 nitrogen and oxygen atoms in total. The number of carboxylic acids is 1. The predicted octanol–water partition coefficient (Wildman–Crippen LogP) is 3.55. The molecule has 0 bridgehead atoms. The molecule has 0 fully saturated rings. The van der Waals surface area contributed by atoms with Gasteiger partial charge in [-0.25, -0.2) is 9.78 Å². The molecule has 0 spiro atoms. The molecule has 2 heterocycles. The molecule has 5 heteroatoms. The molecule has 2 aromatic heterocycles. The second-order valence-corrected chi connectivity index (χ2v) is 5.33. The molecule has 0 aliphatic carbocycles. The van der Waals surface area contributed by atoms with Gasteiger partial charge in [-0.1, -0.05) is 18.2 Å². The van der Waals surface area contributed by atoms with Crippen LogP contribution in [0.5, 0.6) is 0 Å². The van der Waals surface area contributed by atoms with Crippen LogP contribution in [0.2, 0.25) is 0 Å². The molecule has 0 saturated heterocycles. The van der Waals surface area contributed by atoms with E-state index in [9.17, 15) is 4.79 Å². The third kappa shape index (κ3) is 2.32. The van der Waals surface area contributed by atoms with Crippen molar-refractivity contribution >= 4 is 32.8 Å². The van der Waals surface area contributed by atoms with E-state index in [1.165, 1.54) is 6.20 Å². The van der Waals surface area contributed by atoms with Gasteiger partial charge < -0.3 is 9.67 Å². The van der Waals surface area contributed by atoms with Crippen molar-refractivity contribution in [3.63, 3.8) is 0 Å². The molecule has 0 aliphatic heterocycles. The maximum atomic E-state index is 10.9. The minimum absolute atomic E-state index is 0.0676. The van der Waals surface area contributed by atoms with Gasteiger partial charge in [0.15, 0.2) is 0 Å². The largest absolute Gasteiger partial charge is 0.477 e. The van der Waals surface area contributed by atoms with Gasteiger partial charge in [-0.15, -0.1) is 0 Å². The summed E-state index contributed by atoms with van der Waals surface area (Å²) in [5.74, 6) is -1.01. The van der Waals surface area contributed by atoms with E-state index in [4.69, 9.17) is 5.11 Å². The zero-order valence-corrected chi connectivity index (χ0v) is 12.0. The van der Waals surface area contributed by atoms with Crippen molar-refractivity contribution in [3.8, 4) is 0 Å². The van der Waals surface area contributed by atoms with E-state index in [-0.39, 0.29) is 5.69 Å². The standard InChI is InChI=1S/C15H11BrN2O2/c16-12-9-18(14-4-2-1-3-11(12)14)8-10-5-6-17-13(7-10)15(19)20/h1-7,9H,8H2,(H,19,20). The summed E-state index contributed by atoms with van der Waals surface area (Å²) in [6.07, 6.45) is 3.53. The lowest BCUT2D eigenvalue weighted by molar-refractivity contribution is 0.0690. The van der Waals surface area contributed by atoms with Gasteiger partial charge in [-0.05, 0) is 39.7 Å². The van der Waals surface area contributed by atoms with Crippen LogP contribution in [0.25, 0.3) is 10.9 Å². The summed E-state index contributed by atoms with van der Waals surface area (Å²) in [5.41, 5.74) is 2.08. The fraction of sp³-hybridized carbons (Fsp3) is 0.0667. The highest BCUT2D eigenvalue weighted by atomic mass is 79.9. The van der Waals surface area contributed by atoms with Gasteiger partial charge in [0, 0.05) is 34.3 Å². The fourth-order valence-corrected chi connectivity index (χ4v) is 2.80. The van der Waals surface area contributed by atoms with Crippen LogP contribution in [-0.2, 0) is 6.54 Å². The number of pyridine rings is 1. The summed E-state index contributed by atoms with van der Waals surface area (Å²) >= 11 is 3.54. The van der Waals surface area contributed by atoms with Crippen molar-refractivity contribution in [1.82, 2.24) is 9.55 Å². The van der Waals surface area contributed by atoms with Crippen LogP contribution in [0.4, 0.5) is 0 Å². The minimum Gasteiger partial charge on any atom is -0.477 e. The Morgan fingerprint density at radius 3 is 2.90 bits per heavy atom. The minimum atomic E-state index is -1.01. The van der Waals surface area contributed by atoms with Crippen molar-refractivity contribution in [2.45, 2.75) is 6.54 Å². The lowest BCUT2D eigenvalue weighted by Crippen LogP contribution is -2.03. The Morgan fingerprint density at radius 2 is 2.10 bits per heavy atom. The number of rotatable bonds is 3. The number of halogens is 1. The van der Waals surface area contributed by atoms with Crippen LogP contribution < -0.4 is 0 Å². The third-order valence-electron chi connectivity index (χ3n) is 3.14. The maximum absolute atomic E-state index is 10.9. The van der Waals surface area contributed by atoms with Gasteiger partial charge in [-0.3, -0.25) is 0 Å². The monoisotopic (exact) mass is 330 g/mol. The molecule has 100 valence electrons. The number of aromatic carboxylic acids is 1. The number of fused-ring (bicyclic) bond motifs is 1. The number of hydrogen-bond acceptors (Lipinski definition) is 2. The first-order valence-electron chi connectivity index (χ1n) is 6.07. The summed E-state index contributed by atoms with van der Waals surface area (Å²) < 4.78 is 3.11. The second-order valence-electron chi connectivity index (χ2n) is 4.48. The fourth-order valence-electron chi connectivity index (χ4n) is 2.22. The first-order valence-corrected chi connectivity index (χ1v) is 6.86. The third-order valence-corrected chi connectivity index (χ3v) is 3.77. The quantitative estimate of drug-likeness (QED) is 0.799. The maximum Gasteiger partial charge on any atom is 0.354 e. The van der Waals surface area contributed by atoms with Crippen molar-refractivity contribution < 1.29 is 9.90 Å². The Kier molecular flexibility index (Phi) is 3.28. The van der Waals surface area contributed by atoms with Gasteiger partial charge in [-0.2, -0.15) is 0 Å². The highest BCUT2D eigenvalue weighted by Gasteiger charge is 2.08. The number of carboxylic acid groups (broad SMARTS) is 1. The van der Waals surface area contributed by atoms with Crippen molar-refractivity contribution in [2.24, 2.45) is 0 Å². The molecule has 3 aromatic rings. The van der Waals surface area contributed by atoms with Gasteiger partial charge in [0.05, 0.1) is 0 Å². The molecule has 0 unspecified atom stereocenters. The first-order chi connectivity index (χ1) is 9.65. The first kappa shape index (κ1) is 12.9. The smallest absolute Gasteiger partial charge is 0.354 e. The Balaban J connectivity index is 2.01. The Morgan fingerprint density at radius 1 is 1.30 bits per heavy atom. The Bertz CT molecular complexity index is 795. The van der Waals surface area contributed by atoms with Gasteiger partial charge in [0.2, 0.25) is 0 Å². The molecule has 0 amide bonds. The van der Waals surface area contributed by atoms with E-state index >= 15 is 0 Å². The van der Waals surface area contributed by atoms with E-state index in [0.29, 0.717) is 6.54 Å². The van der Waals surface area contributed by atoms with Crippen LogP contribution >= 0.6 is 15.9 Å². The molecule has 0 aliphatic rings. The average molecular weight is 331 g/mol. The van der Waals surface area contributed by atoms with Crippen LogP contribution in [0.15, 0.2) is 53.3 Å². The molecule has 1 N–H and O–H groups in total.